The minimum Gasteiger partial charge on any atom is -0.497 e. The van der Waals surface area contributed by atoms with Crippen LogP contribution in [0, 0.1) is 0 Å². The number of benzene rings is 1. The lowest BCUT2D eigenvalue weighted by molar-refractivity contribution is 0.111. The first kappa shape index (κ1) is 12.4. The van der Waals surface area contributed by atoms with Crippen molar-refractivity contribution in [3.05, 3.63) is 41.7 Å². The number of hydrogen-bond donors (Lipinski definition) is 0. The van der Waals surface area contributed by atoms with Crippen molar-refractivity contribution in [3.63, 3.8) is 0 Å². The molecule has 0 radical (unpaired) electrons. The number of nitrogens with zero attached hydrogens (tertiary/aromatic N) is 2. The Kier molecular flexibility index (Phi) is 3.46. The zero-order chi connectivity index (χ0) is 13.1. The molecule has 0 fully saturated rings. The Bertz CT molecular complexity index is 559. The zero-order valence-corrected chi connectivity index (χ0v) is 10.8. The Morgan fingerprint density at radius 3 is 2.72 bits per heavy atom. The summed E-state index contributed by atoms with van der Waals surface area (Å²) in [6, 6.07) is 9.43. The van der Waals surface area contributed by atoms with Gasteiger partial charge in [-0.05, 0) is 24.1 Å². The van der Waals surface area contributed by atoms with E-state index in [1.807, 2.05) is 30.3 Å². The molecule has 0 spiro atoms. The minimum atomic E-state index is 0.289. The van der Waals surface area contributed by atoms with E-state index in [9.17, 15) is 4.79 Å². The molecule has 1 aromatic carbocycles. The highest BCUT2D eigenvalue weighted by Gasteiger charge is 2.12. The van der Waals surface area contributed by atoms with Crippen LogP contribution in [-0.2, 0) is 0 Å². The van der Waals surface area contributed by atoms with Gasteiger partial charge in [0, 0.05) is 11.8 Å². The van der Waals surface area contributed by atoms with Gasteiger partial charge in [-0.15, -0.1) is 0 Å². The Hall–Kier alpha value is -2.10. The molecule has 18 heavy (non-hydrogen) atoms. The second kappa shape index (κ2) is 5.04. The molecule has 0 N–H and O–H groups in total. The van der Waals surface area contributed by atoms with Gasteiger partial charge in [-0.25, -0.2) is 4.68 Å². The molecule has 0 bridgehead atoms. The highest BCUT2D eigenvalue weighted by atomic mass is 16.5. The van der Waals surface area contributed by atoms with Crippen LogP contribution in [0.3, 0.4) is 0 Å². The normalized spacial score (nSPS) is 10.7. The van der Waals surface area contributed by atoms with Gasteiger partial charge in [0.15, 0.2) is 6.29 Å². The van der Waals surface area contributed by atoms with E-state index in [0.29, 0.717) is 5.69 Å². The first-order chi connectivity index (χ1) is 8.65. The molecule has 4 nitrogen and oxygen atoms in total. The van der Waals surface area contributed by atoms with Crippen molar-refractivity contribution in [1.82, 2.24) is 9.78 Å². The maximum Gasteiger partial charge on any atom is 0.170 e. The molecule has 2 aromatic rings. The maximum absolute atomic E-state index is 10.8. The summed E-state index contributed by atoms with van der Waals surface area (Å²) in [5.41, 5.74) is 2.35. The van der Waals surface area contributed by atoms with E-state index in [1.54, 1.807) is 11.8 Å². The van der Waals surface area contributed by atoms with E-state index >= 15 is 0 Å². The summed E-state index contributed by atoms with van der Waals surface area (Å²) in [5, 5.41) is 4.29. The molecular weight excluding hydrogens is 228 g/mol. The van der Waals surface area contributed by atoms with E-state index in [2.05, 4.69) is 18.9 Å². The summed E-state index contributed by atoms with van der Waals surface area (Å²) < 4.78 is 6.99. The molecule has 0 saturated heterocycles. The first-order valence-corrected chi connectivity index (χ1v) is 5.85. The SMILES string of the molecule is COc1cccc(-n2nc(C=O)cc2C(C)C)c1. The fourth-order valence-corrected chi connectivity index (χ4v) is 1.83. The van der Waals surface area contributed by atoms with Crippen molar-refractivity contribution in [1.29, 1.82) is 0 Å². The monoisotopic (exact) mass is 244 g/mol. The Morgan fingerprint density at radius 2 is 2.11 bits per heavy atom. The van der Waals surface area contributed by atoms with Crippen LogP contribution >= 0.6 is 0 Å². The van der Waals surface area contributed by atoms with Gasteiger partial charge in [-0.1, -0.05) is 19.9 Å². The van der Waals surface area contributed by atoms with E-state index in [-0.39, 0.29) is 5.92 Å². The summed E-state index contributed by atoms with van der Waals surface area (Å²) in [6.07, 6.45) is 0.766. The third-order valence-electron chi connectivity index (χ3n) is 2.77. The molecule has 1 heterocycles. The smallest absolute Gasteiger partial charge is 0.170 e. The predicted octanol–water partition coefficient (Wildman–Crippen LogP) is 2.82. The highest BCUT2D eigenvalue weighted by Crippen LogP contribution is 2.22. The van der Waals surface area contributed by atoms with Gasteiger partial charge in [0.25, 0.3) is 0 Å². The number of carbonyl (C=O) groups excluding carboxylic acids is 1. The van der Waals surface area contributed by atoms with Gasteiger partial charge in [-0.2, -0.15) is 5.10 Å². The number of hydrogen-bond acceptors (Lipinski definition) is 3. The number of aromatic nitrogens is 2. The molecule has 94 valence electrons. The third kappa shape index (κ3) is 2.27. The van der Waals surface area contributed by atoms with Crippen molar-refractivity contribution in [2.75, 3.05) is 7.11 Å². The average Bonchev–Trinajstić information content (AvgIpc) is 2.83. The summed E-state index contributed by atoms with van der Waals surface area (Å²) in [4.78, 5) is 10.8. The Labute approximate surface area is 106 Å². The van der Waals surface area contributed by atoms with Crippen LogP contribution < -0.4 is 4.74 Å². The fraction of sp³-hybridized carbons (Fsp3) is 0.286. The van der Waals surface area contributed by atoms with Crippen molar-refractivity contribution < 1.29 is 9.53 Å². The molecule has 0 amide bonds. The van der Waals surface area contributed by atoms with Gasteiger partial charge < -0.3 is 4.74 Å². The molecule has 1 aromatic heterocycles. The van der Waals surface area contributed by atoms with E-state index in [1.165, 1.54) is 0 Å². The van der Waals surface area contributed by atoms with Crippen LogP contribution in [0.2, 0.25) is 0 Å². The quantitative estimate of drug-likeness (QED) is 0.777. The number of methoxy groups -OCH3 is 1. The van der Waals surface area contributed by atoms with Gasteiger partial charge in [0.05, 0.1) is 12.8 Å². The lowest BCUT2D eigenvalue weighted by Crippen LogP contribution is -2.04. The van der Waals surface area contributed by atoms with Crippen molar-refractivity contribution in [3.8, 4) is 11.4 Å². The fourth-order valence-electron chi connectivity index (χ4n) is 1.83. The molecule has 0 aliphatic heterocycles. The third-order valence-corrected chi connectivity index (χ3v) is 2.77. The lowest BCUT2D eigenvalue weighted by Gasteiger charge is -2.10. The predicted molar refractivity (Wildman–Crippen MR) is 69.6 cm³/mol. The second-order valence-electron chi connectivity index (χ2n) is 4.38. The molecule has 0 atom stereocenters. The summed E-state index contributed by atoms with van der Waals surface area (Å²) >= 11 is 0. The molecule has 0 saturated carbocycles. The average molecular weight is 244 g/mol. The lowest BCUT2D eigenvalue weighted by atomic mass is 10.1. The molecule has 4 heteroatoms. The number of rotatable bonds is 4. The van der Waals surface area contributed by atoms with Crippen LogP contribution in [-0.4, -0.2) is 23.2 Å². The van der Waals surface area contributed by atoms with E-state index in [0.717, 1.165) is 23.4 Å². The summed E-state index contributed by atoms with van der Waals surface area (Å²) in [7, 11) is 1.63. The van der Waals surface area contributed by atoms with E-state index in [4.69, 9.17) is 4.74 Å². The van der Waals surface area contributed by atoms with Gasteiger partial charge >= 0.3 is 0 Å². The van der Waals surface area contributed by atoms with Crippen LogP contribution in [0.4, 0.5) is 0 Å². The van der Waals surface area contributed by atoms with Crippen molar-refractivity contribution in [2.45, 2.75) is 19.8 Å². The van der Waals surface area contributed by atoms with Crippen LogP contribution in [0.25, 0.3) is 5.69 Å². The van der Waals surface area contributed by atoms with Gasteiger partial charge in [0.2, 0.25) is 0 Å². The number of aldehydes is 1. The number of carbonyl (C=O) groups is 1. The molecule has 0 unspecified atom stereocenters. The topological polar surface area (TPSA) is 44.1 Å². The van der Waals surface area contributed by atoms with Crippen LogP contribution in [0.1, 0.15) is 35.9 Å². The second-order valence-corrected chi connectivity index (χ2v) is 4.38. The zero-order valence-electron chi connectivity index (χ0n) is 10.8. The maximum atomic E-state index is 10.8. The standard InChI is InChI=1S/C14H16N2O2/c1-10(2)14-7-11(9-17)15-16(14)12-5-4-6-13(8-12)18-3/h4-10H,1-3H3. The number of ether oxygens (including phenoxy) is 1. The first-order valence-electron chi connectivity index (χ1n) is 5.85. The Morgan fingerprint density at radius 1 is 1.33 bits per heavy atom. The van der Waals surface area contributed by atoms with E-state index < -0.39 is 0 Å². The minimum absolute atomic E-state index is 0.289. The summed E-state index contributed by atoms with van der Waals surface area (Å²) in [5.74, 6) is 1.06. The highest BCUT2D eigenvalue weighted by molar-refractivity contribution is 5.72. The molecule has 2 rings (SSSR count). The van der Waals surface area contributed by atoms with Crippen LogP contribution in [0.5, 0.6) is 5.75 Å². The van der Waals surface area contributed by atoms with Crippen molar-refractivity contribution >= 4 is 6.29 Å². The Balaban J connectivity index is 2.54. The largest absolute Gasteiger partial charge is 0.497 e. The molecule has 0 aliphatic rings. The van der Waals surface area contributed by atoms with Crippen LogP contribution in [0.15, 0.2) is 30.3 Å². The summed E-state index contributed by atoms with van der Waals surface area (Å²) in [6.45, 7) is 4.14. The molecule has 0 aliphatic carbocycles. The molecular formula is C14H16N2O2. The van der Waals surface area contributed by atoms with Crippen molar-refractivity contribution in [2.24, 2.45) is 0 Å². The van der Waals surface area contributed by atoms with Gasteiger partial charge in [0.1, 0.15) is 11.4 Å². The van der Waals surface area contributed by atoms with Gasteiger partial charge in [-0.3, -0.25) is 4.79 Å².